The highest BCUT2D eigenvalue weighted by molar-refractivity contribution is 9.10. The average molecular weight is 1060 g/mol. The predicted octanol–water partition coefficient (Wildman–Crippen LogP) is 11.0. The van der Waals surface area contributed by atoms with Crippen LogP contribution in [-0.2, 0) is 31.6 Å². The fourth-order valence-electron chi connectivity index (χ4n) is 6.07. The zero-order valence-electron chi connectivity index (χ0n) is 35.3. The number of halogens is 3. The first-order valence-electron chi connectivity index (χ1n) is 20.5. The van der Waals surface area contributed by atoms with Crippen molar-refractivity contribution < 1.29 is 19.5 Å². The molecular weight excluding hydrogens is 1010 g/mol. The van der Waals surface area contributed by atoms with Crippen LogP contribution in [-0.4, -0.2) is 46.7 Å². The minimum atomic E-state index is -1.43. The molecule has 0 saturated heterocycles. The third-order valence-electron chi connectivity index (χ3n) is 9.34. The molecule has 0 unspecified atom stereocenters. The van der Waals surface area contributed by atoms with Gasteiger partial charge in [0.15, 0.2) is 0 Å². The second kappa shape index (κ2) is 26.6. The van der Waals surface area contributed by atoms with Crippen molar-refractivity contribution in [3.8, 4) is 22.6 Å². The molecule has 0 radical (unpaired) electrons. The van der Waals surface area contributed by atoms with Crippen LogP contribution in [0.3, 0.4) is 0 Å². The molecule has 65 heavy (non-hydrogen) atoms. The lowest BCUT2D eigenvalue weighted by molar-refractivity contribution is 0.306. The molecule has 9 rings (SSSR count). The van der Waals surface area contributed by atoms with E-state index in [1.165, 1.54) is 28.6 Å². The molecule has 0 bridgehead atoms. The fraction of sp³-hybridized carbons (Fsp3) is 0.0980. The van der Waals surface area contributed by atoms with E-state index in [0.717, 1.165) is 43.3 Å². The smallest absolute Gasteiger partial charge is 0.488 e. The van der Waals surface area contributed by atoms with E-state index in [9.17, 15) is 0 Å². The molecule has 9 aromatic rings. The zero-order valence-corrected chi connectivity index (χ0v) is 40.0. The standard InChI is InChI=1S/C22H19N3O.C13H13BO3.C9H8BrN3.C7H6Br2/c1-2-5-18(6-3-1)15-26-22-11-9-20(10-12-22)21-8-4-7-19(13-21)14-25-17-23-16-24-25;15-14(16)12-6-8-13(9-7-12)17-10-11-4-2-1-3-5-11;10-9-3-1-2-8(4-9)5-13-7-11-6-12-13;8-5-6-2-1-3-7(9)4-6/h1-13,16-17H,14-15H2;1-9,15-16H,10H2;1-4,6-7H,5H2;1-4H,5H2. The van der Waals surface area contributed by atoms with Gasteiger partial charge in [0, 0.05) is 14.3 Å². The van der Waals surface area contributed by atoms with Crippen LogP contribution in [0.4, 0.5) is 0 Å². The number of benzene rings is 7. The molecule has 7 aromatic carbocycles. The van der Waals surface area contributed by atoms with Crippen molar-refractivity contribution in [1.29, 1.82) is 0 Å². The number of ether oxygens (including phenoxy) is 2. The van der Waals surface area contributed by atoms with Gasteiger partial charge in [-0.25, -0.2) is 19.3 Å². The first-order valence-corrected chi connectivity index (χ1v) is 23.2. The Balaban J connectivity index is 0.000000155. The van der Waals surface area contributed by atoms with Crippen LogP contribution >= 0.6 is 47.8 Å². The van der Waals surface area contributed by atoms with Crippen molar-refractivity contribution in [3.63, 3.8) is 0 Å². The van der Waals surface area contributed by atoms with Gasteiger partial charge < -0.3 is 19.5 Å². The lowest BCUT2D eigenvalue weighted by Crippen LogP contribution is -2.29. The van der Waals surface area contributed by atoms with E-state index in [1.54, 1.807) is 47.9 Å². The Labute approximate surface area is 405 Å². The van der Waals surface area contributed by atoms with E-state index >= 15 is 0 Å². The molecule has 0 saturated carbocycles. The monoisotopic (exact) mass is 1050 g/mol. The van der Waals surface area contributed by atoms with Crippen LogP contribution in [0.5, 0.6) is 11.5 Å². The maximum Gasteiger partial charge on any atom is 0.488 e. The van der Waals surface area contributed by atoms with Crippen LogP contribution in [0.15, 0.2) is 216 Å². The summed E-state index contributed by atoms with van der Waals surface area (Å²) >= 11 is 10.2. The summed E-state index contributed by atoms with van der Waals surface area (Å²) in [5, 5.41) is 27.0. The summed E-state index contributed by atoms with van der Waals surface area (Å²) in [6, 6.07) is 59.8. The summed E-state index contributed by atoms with van der Waals surface area (Å²) in [7, 11) is -1.43. The number of hydrogen-bond donors (Lipinski definition) is 2. The Morgan fingerprint density at radius 2 is 0.908 bits per heavy atom. The summed E-state index contributed by atoms with van der Waals surface area (Å²) in [5.41, 5.74) is 8.75. The minimum absolute atomic E-state index is 0.456. The molecule has 0 fully saturated rings. The quantitative estimate of drug-likeness (QED) is 0.0865. The number of nitrogens with zero attached hydrogens (tertiary/aromatic N) is 6. The predicted molar refractivity (Wildman–Crippen MR) is 269 cm³/mol. The molecule has 0 spiro atoms. The molecule has 0 amide bonds. The van der Waals surface area contributed by atoms with E-state index in [0.29, 0.717) is 31.0 Å². The highest BCUT2D eigenvalue weighted by Crippen LogP contribution is 2.24. The second-order valence-corrected chi connectivity index (χ2v) is 16.7. The highest BCUT2D eigenvalue weighted by atomic mass is 79.9. The molecule has 328 valence electrons. The van der Waals surface area contributed by atoms with Crippen LogP contribution in [0.2, 0.25) is 0 Å². The maximum atomic E-state index is 8.94. The number of alkyl halides is 1. The molecule has 0 aliphatic rings. The summed E-state index contributed by atoms with van der Waals surface area (Å²) in [4.78, 5) is 7.87. The van der Waals surface area contributed by atoms with Gasteiger partial charge in [0.25, 0.3) is 0 Å². The summed E-state index contributed by atoms with van der Waals surface area (Å²) < 4.78 is 17.3. The summed E-state index contributed by atoms with van der Waals surface area (Å²) in [6.07, 6.45) is 6.53. The van der Waals surface area contributed by atoms with Crippen LogP contribution in [0, 0.1) is 0 Å². The van der Waals surface area contributed by atoms with Crippen molar-refractivity contribution in [1.82, 2.24) is 29.5 Å². The van der Waals surface area contributed by atoms with Crippen LogP contribution in [0.1, 0.15) is 27.8 Å². The van der Waals surface area contributed by atoms with Gasteiger partial charge in [0.2, 0.25) is 0 Å². The van der Waals surface area contributed by atoms with Gasteiger partial charge in [-0.1, -0.05) is 175 Å². The van der Waals surface area contributed by atoms with E-state index in [-0.39, 0.29) is 0 Å². The Morgan fingerprint density at radius 3 is 1.35 bits per heavy atom. The first kappa shape index (κ1) is 48.3. The van der Waals surface area contributed by atoms with E-state index in [2.05, 4.69) is 141 Å². The maximum absolute atomic E-state index is 8.94. The lowest BCUT2D eigenvalue weighted by Gasteiger charge is -2.09. The molecule has 14 heteroatoms. The van der Waals surface area contributed by atoms with Gasteiger partial charge >= 0.3 is 7.12 Å². The molecule has 0 atom stereocenters. The SMILES string of the molecule is BrCc1cccc(Br)c1.Brc1cccc(Cn2cncn2)c1.OB(O)c1ccc(OCc2ccccc2)cc1.c1ccc(COc2ccc(-c3cccc(Cn4cncn4)c3)cc2)cc1. The summed E-state index contributed by atoms with van der Waals surface area (Å²) in [5.74, 6) is 1.58. The van der Waals surface area contributed by atoms with Gasteiger partial charge in [-0.15, -0.1) is 0 Å². The van der Waals surface area contributed by atoms with Crippen molar-refractivity contribution >= 4 is 60.4 Å². The molecule has 0 aliphatic carbocycles. The molecule has 2 N–H and O–H groups in total. The van der Waals surface area contributed by atoms with Crippen LogP contribution in [0.25, 0.3) is 11.1 Å². The molecule has 10 nitrogen and oxygen atoms in total. The topological polar surface area (TPSA) is 120 Å². The van der Waals surface area contributed by atoms with Gasteiger partial charge in [-0.05, 0) is 99.0 Å². The Hall–Kier alpha value is -6.16. The van der Waals surface area contributed by atoms with E-state index in [1.807, 2.05) is 89.6 Å². The molecule has 2 heterocycles. The number of hydrogen-bond acceptors (Lipinski definition) is 8. The average Bonchev–Trinajstić information content (AvgIpc) is 4.07. The summed E-state index contributed by atoms with van der Waals surface area (Å²) in [6.45, 7) is 2.56. The van der Waals surface area contributed by atoms with Crippen LogP contribution < -0.4 is 14.9 Å². The molecular formula is C51H46BBr3N6O4. The van der Waals surface area contributed by atoms with Gasteiger partial charge in [0.1, 0.15) is 50.0 Å². The number of rotatable bonds is 13. The lowest BCUT2D eigenvalue weighted by atomic mass is 9.80. The van der Waals surface area contributed by atoms with Crippen molar-refractivity contribution in [2.75, 3.05) is 0 Å². The van der Waals surface area contributed by atoms with E-state index in [4.69, 9.17) is 19.5 Å². The molecule has 2 aromatic heterocycles. The first-order chi connectivity index (χ1) is 31.8. The largest absolute Gasteiger partial charge is 0.489 e. The minimum Gasteiger partial charge on any atom is -0.489 e. The highest BCUT2D eigenvalue weighted by Gasteiger charge is 2.10. The third kappa shape index (κ3) is 17.4. The Kier molecular flexibility index (Phi) is 19.8. The normalized spacial score (nSPS) is 10.2. The Morgan fingerprint density at radius 1 is 0.462 bits per heavy atom. The van der Waals surface area contributed by atoms with E-state index < -0.39 is 7.12 Å². The van der Waals surface area contributed by atoms with Gasteiger partial charge in [-0.3, -0.25) is 0 Å². The van der Waals surface area contributed by atoms with Crippen molar-refractivity contribution in [2.45, 2.75) is 31.6 Å². The van der Waals surface area contributed by atoms with Gasteiger partial charge in [-0.2, -0.15) is 10.2 Å². The van der Waals surface area contributed by atoms with Crippen molar-refractivity contribution in [3.05, 3.63) is 244 Å². The van der Waals surface area contributed by atoms with Gasteiger partial charge in [0.05, 0.1) is 13.1 Å². The second-order valence-electron chi connectivity index (χ2n) is 14.3. The third-order valence-corrected chi connectivity index (χ3v) is 11.0. The zero-order chi connectivity index (χ0) is 45.5. The Bertz CT molecular complexity index is 2700. The number of aromatic nitrogens is 6. The fourth-order valence-corrected chi connectivity index (χ4v) is 7.31. The van der Waals surface area contributed by atoms with Crippen molar-refractivity contribution in [2.24, 2.45) is 0 Å². The molecule has 0 aliphatic heterocycles.